The molecule has 0 aliphatic rings. The zero-order valence-electron chi connectivity index (χ0n) is 25.0. The van der Waals surface area contributed by atoms with Gasteiger partial charge in [-0.1, -0.05) is 42.5 Å². The number of hydrogen-bond acceptors (Lipinski definition) is 6. The molecule has 0 aliphatic carbocycles. The van der Waals surface area contributed by atoms with Gasteiger partial charge in [-0.15, -0.1) is 0 Å². The Morgan fingerprint density at radius 3 is 2.44 bits per heavy atom. The third-order valence-corrected chi connectivity index (χ3v) is 7.98. The number of imidazole rings is 1. The Kier molecular flexibility index (Phi) is 10.3. The highest BCUT2D eigenvalue weighted by atomic mass is 32.1. The molecule has 12 heteroatoms. The van der Waals surface area contributed by atoms with Crippen molar-refractivity contribution >= 4 is 28.8 Å². The normalized spacial score (nSPS) is 12.2. The molecule has 4 rings (SSSR count). The molecule has 0 saturated heterocycles. The van der Waals surface area contributed by atoms with Crippen LogP contribution >= 0.6 is 12.2 Å². The van der Waals surface area contributed by atoms with Crippen molar-refractivity contribution < 1.29 is 22.7 Å². The second-order valence-electron chi connectivity index (χ2n) is 11.0. The highest BCUT2D eigenvalue weighted by Gasteiger charge is 2.40. The number of nitrogens with zero attached hydrogens (tertiary/aromatic N) is 4. The van der Waals surface area contributed by atoms with Crippen molar-refractivity contribution in [3.8, 4) is 11.8 Å². The van der Waals surface area contributed by atoms with Crippen LogP contribution in [0.3, 0.4) is 0 Å². The molecule has 0 spiro atoms. The number of para-hydroxylation sites is 2. The lowest BCUT2D eigenvalue weighted by atomic mass is 9.81. The fourth-order valence-electron chi connectivity index (χ4n) is 4.82. The number of carbonyl (C=O) groups is 1. The first-order valence-electron chi connectivity index (χ1n) is 14.0. The SMILES string of the molecule is COc1ccccc1NC(=S)N(Cc1ccccc1C(F)(F)F)C(N)C(C)(C)C(=O)Cc1cncn1Cc1ccc(C#N)cc1. The molecule has 3 aromatic carbocycles. The molecule has 0 saturated carbocycles. The van der Waals surface area contributed by atoms with Gasteiger partial charge in [0, 0.05) is 31.4 Å². The molecule has 234 valence electrons. The predicted molar refractivity (Wildman–Crippen MR) is 169 cm³/mol. The number of carbonyl (C=O) groups excluding carboxylic acids is 1. The van der Waals surface area contributed by atoms with Gasteiger partial charge in [0.2, 0.25) is 0 Å². The average molecular weight is 635 g/mol. The summed E-state index contributed by atoms with van der Waals surface area (Å²) in [5, 5.41) is 12.1. The van der Waals surface area contributed by atoms with Crippen LogP contribution in [0.25, 0.3) is 0 Å². The average Bonchev–Trinajstić information content (AvgIpc) is 3.45. The van der Waals surface area contributed by atoms with Gasteiger partial charge in [-0.3, -0.25) is 4.79 Å². The zero-order valence-corrected chi connectivity index (χ0v) is 25.8. The number of nitrogens with two attached hydrogens (primary N) is 1. The van der Waals surface area contributed by atoms with Crippen molar-refractivity contribution in [2.75, 3.05) is 12.4 Å². The van der Waals surface area contributed by atoms with E-state index < -0.39 is 23.3 Å². The van der Waals surface area contributed by atoms with Gasteiger partial charge in [-0.05, 0) is 67.5 Å². The van der Waals surface area contributed by atoms with E-state index in [2.05, 4.69) is 16.4 Å². The van der Waals surface area contributed by atoms with Crippen LogP contribution in [0.1, 0.15) is 41.8 Å². The molecule has 3 N–H and O–H groups in total. The summed E-state index contributed by atoms with van der Waals surface area (Å²) in [6.45, 7) is 3.41. The Hall–Kier alpha value is -4.73. The maximum absolute atomic E-state index is 14.0. The number of methoxy groups -OCH3 is 1. The monoisotopic (exact) mass is 634 g/mol. The van der Waals surface area contributed by atoms with Gasteiger partial charge < -0.3 is 25.3 Å². The molecule has 1 heterocycles. The number of ether oxygens (including phenoxy) is 1. The van der Waals surface area contributed by atoms with E-state index in [0.29, 0.717) is 29.2 Å². The van der Waals surface area contributed by atoms with Crippen LogP contribution in [-0.4, -0.2) is 38.6 Å². The van der Waals surface area contributed by atoms with E-state index in [0.717, 1.165) is 11.6 Å². The van der Waals surface area contributed by atoms with Crippen LogP contribution in [0.4, 0.5) is 18.9 Å². The van der Waals surface area contributed by atoms with Crippen molar-refractivity contribution in [3.05, 3.63) is 113 Å². The Morgan fingerprint density at radius 2 is 1.78 bits per heavy atom. The summed E-state index contributed by atoms with van der Waals surface area (Å²) < 4.78 is 49.1. The number of benzene rings is 3. The molecular weight excluding hydrogens is 601 g/mol. The number of anilines is 1. The topological polar surface area (TPSA) is 109 Å². The number of alkyl halides is 3. The highest BCUT2D eigenvalue weighted by Crippen LogP contribution is 2.34. The lowest BCUT2D eigenvalue weighted by molar-refractivity contribution is -0.138. The van der Waals surface area contributed by atoms with Crippen molar-refractivity contribution in [1.82, 2.24) is 14.5 Å². The third kappa shape index (κ3) is 7.87. The number of rotatable bonds is 11. The largest absolute Gasteiger partial charge is 0.495 e. The van der Waals surface area contributed by atoms with Crippen molar-refractivity contribution in [1.29, 1.82) is 5.26 Å². The van der Waals surface area contributed by atoms with E-state index in [4.69, 9.17) is 28.0 Å². The molecule has 0 radical (unpaired) electrons. The molecule has 0 bridgehead atoms. The van der Waals surface area contributed by atoms with Crippen LogP contribution in [0.5, 0.6) is 5.75 Å². The number of Topliss-reactive ketones (excluding diaryl/α,β-unsaturated/α-hetero) is 1. The summed E-state index contributed by atoms with van der Waals surface area (Å²) in [6, 6.07) is 21.3. The molecule has 0 aliphatic heterocycles. The summed E-state index contributed by atoms with van der Waals surface area (Å²) in [4.78, 5) is 19.5. The lowest BCUT2D eigenvalue weighted by Gasteiger charge is -2.40. The van der Waals surface area contributed by atoms with E-state index >= 15 is 0 Å². The van der Waals surface area contributed by atoms with Crippen molar-refractivity contribution in [3.63, 3.8) is 0 Å². The lowest BCUT2D eigenvalue weighted by Crippen LogP contribution is -2.57. The Labute approximate surface area is 265 Å². The fourth-order valence-corrected chi connectivity index (χ4v) is 5.10. The summed E-state index contributed by atoms with van der Waals surface area (Å²) in [5.41, 5.74) is 7.19. The van der Waals surface area contributed by atoms with Crippen LogP contribution in [0.15, 0.2) is 85.3 Å². The summed E-state index contributed by atoms with van der Waals surface area (Å²) in [6.07, 6.45) is -2.57. The van der Waals surface area contributed by atoms with Gasteiger partial charge in [0.25, 0.3) is 0 Å². The number of thiocarbonyl (C=S) groups is 1. The summed E-state index contributed by atoms with van der Waals surface area (Å²) in [7, 11) is 1.49. The van der Waals surface area contributed by atoms with E-state index in [9.17, 15) is 18.0 Å². The first-order chi connectivity index (χ1) is 21.3. The number of hydrogen-bond donors (Lipinski definition) is 2. The quantitative estimate of drug-likeness (QED) is 0.149. The van der Waals surface area contributed by atoms with Gasteiger partial charge in [0.05, 0.1) is 47.9 Å². The molecule has 0 fully saturated rings. The number of aromatic nitrogens is 2. The second-order valence-corrected chi connectivity index (χ2v) is 11.4. The molecule has 45 heavy (non-hydrogen) atoms. The van der Waals surface area contributed by atoms with Gasteiger partial charge in [-0.25, -0.2) is 4.98 Å². The van der Waals surface area contributed by atoms with Crippen LogP contribution in [0, 0.1) is 16.7 Å². The maximum atomic E-state index is 14.0. The van der Waals surface area contributed by atoms with Gasteiger partial charge in [0.15, 0.2) is 5.11 Å². The summed E-state index contributed by atoms with van der Waals surface area (Å²) >= 11 is 5.71. The molecule has 0 amide bonds. The molecule has 1 aromatic heterocycles. The first kappa shape index (κ1) is 33.2. The Morgan fingerprint density at radius 1 is 1.11 bits per heavy atom. The smallest absolute Gasteiger partial charge is 0.416 e. The molecule has 1 unspecified atom stereocenters. The second kappa shape index (κ2) is 13.9. The van der Waals surface area contributed by atoms with Gasteiger partial charge >= 0.3 is 6.18 Å². The molecule has 4 aromatic rings. The Balaban J connectivity index is 1.62. The first-order valence-corrected chi connectivity index (χ1v) is 14.4. The highest BCUT2D eigenvalue weighted by molar-refractivity contribution is 7.80. The predicted octanol–water partition coefficient (Wildman–Crippen LogP) is 6.15. The zero-order chi connectivity index (χ0) is 32.8. The van der Waals surface area contributed by atoms with Gasteiger partial charge in [0.1, 0.15) is 11.5 Å². The fraction of sp³-hybridized carbons (Fsp3) is 0.273. The standard InChI is InChI=1S/C33H33F3N6O2S/c1-32(2,29(43)16-25-18-39-21-41(25)19-23-14-12-22(17-37)13-15-23)30(38)42(20-24-8-4-5-9-26(24)33(34,35)36)31(45)40-27-10-6-7-11-28(27)44-3/h4-15,18,21,30H,16,19-20,38H2,1-3H3,(H,40,45). The number of halogens is 3. The summed E-state index contributed by atoms with van der Waals surface area (Å²) in [5.74, 6) is 0.209. The third-order valence-electron chi connectivity index (χ3n) is 7.64. The Bertz CT molecular complexity index is 1700. The van der Waals surface area contributed by atoms with E-state index in [1.165, 1.54) is 30.2 Å². The number of nitrogens with one attached hydrogen (secondary N) is 1. The molecule has 1 atom stereocenters. The minimum atomic E-state index is -4.61. The van der Waals surface area contributed by atoms with Crippen LogP contribution < -0.4 is 15.8 Å². The number of nitriles is 1. The van der Waals surface area contributed by atoms with E-state index in [1.807, 2.05) is 16.7 Å². The minimum absolute atomic E-state index is 0.0238. The van der Waals surface area contributed by atoms with Gasteiger partial charge in [-0.2, -0.15) is 18.4 Å². The minimum Gasteiger partial charge on any atom is -0.495 e. The molecular formula is C33H33F3N6O2S. The van der Waals surface area contributed by atoms with Crippen molar-refractivity contribution in [2.24, 2.45) is 11.1 Å². The molecule has 8 nitrogen and oxygen atoms in total. The van der Waals surface area contributed by atoms with Crippen LogP contribution in [0.2, 0.25) is 0 Å². The van der Waals surface area contributed by atoms with E-state index in [1.54, 1.807) is 62.8 Å². The maximum Gasteiger partial charge on any atom is 0.416 e. The van der Waals surface area contributed by atoms with E-state index in [-0.39, 0.29) is 29.4 Å². The van der Waals surface area contributed by atoms with Crippen molar-refractivity contribution in [2.45, 2.75) is 45.7 Å². The van der Waals surface area contributed by atoms with Crippen LogP contribution in [-0.2, 0) is 30.5 Å². The number of ketones is 1.